The summed E-state index contributed by atoms with van der Waals surface area (Å²) in [7, 11) is 1.93. The number of rotatable bonds is 2. The number of carbonyl (C=O) groups is 1. The van der Waals surface area contributed by atoms with Crippen LogP contribution in [0.25, 0.3) is 0 Å². The Morgan fingerprint density at radius 2 is 2.33 bits per heavy atom. The maximum Gasteiger partial charge on any atom is 0.138 e. The van der Waals surface area contributed by atoms with E-state index in [1.54, 1.807) is 6.92 Å². The number of hydrogen-bond acceptors (Lipinski definition) is 2. The molecule has 1 N–H and O–H groups in total. The lowest BCUT2D eigenvalue weighted by Crippen LogP contribution is -2.35. The molecule has 0 saturated carbocycles. The molecule has 2 unspecified atom stereocenters. The van der Waals surface area contributed by atoms with Gasteiger partial charge in [-0.2, -0.15) is 0 Å². The molecule has 0 fully saturated rings. The maximum absolute atomic E-state index is 11.2. The van der Waals surface area contributed by atoms with Gasteiger partial charge in [0, 0.05) is 6.04 Å². The lowest BCUT2D eigenvalue weighted by molar-refractivity contribution is -0.120. The van der Waals surface area contributed by atoms with Gasteiger partial charge in [-0.15, -0.1) is 0 Å². The van der Waals surface area contributed by atoms with Gasteiger partial charge in [-0.1, -0.05) is 12.2 Å². The van der Waals surface area contributed by atoms with E-state index in [9.17, 15) is 4.79 Å². The molecule has 2 heteroatoms. The number of hydrogen-bond donors (Lipinski definition) is 1. The fourth-order valence-corrected chi connectivity index (χ4v) is 1.75. The number of Topliss-reactive ketones (excluding diaryl/α,β-unsaturated/α-hetero) is 1. The van der Waals surface area contributed by atoms with Crippen molar-refractivity contribution in [2.75, 3.05) is 7.05 Å². The standard InChI is InChI=1S/C10H17NO/c1-8(12)9-6-4-3-5-7-10(9)11-2/h4,6,9-11H,3,5,7H2,1-2H3. The van der Waals surface area contributed by atoms with Crippen LogP contribution >= 0.6 is 0 Å². The van der Waals surface area contributed by atoms with E-state index in [0.717, 1.165) is 12.8 Å². The molecule has 2 nitrogen and oxygen atoms in total. The summed E-state index contributed by atoms with van der Waals surface area (Å²) in [5.41, 5.74) is 0. The van der Waals surface area contributed by atoms with Crippen LogP contribution in [-0.2, 0) is 4.79 Å². The summed E-state index contributed by atoms with van der Waals surface area (Å²) in [6.07, 6.45) is 7.58. The number of ketones is 1. The zero-order valence-corrected chi connectivity index (χ0v) is 7.84. The first kappa shape index (κ1) is 9.46. The van der Waals surface area contributed by atoms with E-state index in [1.807, 2.05) is 7.05 Å². The van der Waals surface area contributed by atoms with Gasteiger partial charge in [-0.25, -0.2) is 0 Å². The van der Waals surface area contributed by atoms with Gasteiger partial charge in [0.2, 0.25) is 0 Å². The lowest BCUT2D eigenvalue weighted by atomic mass is 9.94. The molecular weight excluding hydrogens is 150 g/mol. The molecule has 0 aromatic carbocycles. The first-order valence-corrected chi connectivity index (χ1v) is 4.60. The Bertz CT molecular complexity index is 186. The molecule has 0 aliphatic heterocycles. The Morgan fingerprint density at radius 1 is 1.58 bits per heavy atom. The Balaban J connectivity index is 2.68. The third-order valence-electron chi connectivity index (χ3n) is 2.50. The van der Waals surface area contributed by atoms with E-state index in [1.165, 1.54) is 6.42 Å². The largest absolute Gasteiger partial charge is 0.316 e. The minimum Gasteiger partial charge on any atom is -0.316 e. The summed E-state index contributed by atoms with van der Waals surface area (Å²) in [4.78, 5) is 11.2. The van der Waals surface area contributed by atoms with Crippen LogP contribution in [0.1, 0.15) is 26.2 Å². The molecular formula is C10H17NO. The summed E-state index contributed by atoms with van der Waals surface area (Å²) >= 11 is 0. The van der Waals surface area contributed by atoms with Gasteiger partial charge in [0.05, 0.1) is 5.92 Å². The van der Waals surface area contributed by atoms with Crippen LogP contribution in [-0.4, -0.2) is 18.9 Å². The molecule has 0 aromatic heterocycles. The minimum absolute atomic E-state index is 0.0949. The molecule has 0 saturated heterocycles. The van der Waals surface area contributed by atoms with E-state index in [0.29, 0.717) is 6.04 Å². The summed E-state index contributed by atoms with van der Waals surface area (Å²) < 4.78 is 0. The predicted octanol–water partition coefficient (Wildman–Crippen LogP) is 1.52. The van der Waals surface area contributed by atoms with Crippen molar-refractivity contribution in [2.24, 2.45) is 5.92 Å². The van der Waals surface area contributed by atoms with Crippen LogP contribution in [0.4, 0.5) is 0 Å². The predicted molar refractivity (Wildman–Crippen MR) is 50.0 cm³/mol. The lowest BCUT2D eigenvalue weighted by Gasteiger charge is -2.20. The molecule has 0 amide bonds. The summed E-state index contributed by atoms with van der Waals surface area (Å²) in [5.74, 6) is 0.366. The Hall–Kier alpha value is -0.630. The average Bonchev–Trinajstić information content (AvgIpc) is 2.27. The van der Waals surface area contributed by atoms with E-state index < -0.39 is 0 Å². The van der Waals surface area contributed by atoms with Crippen LogP contribution in [0.2, 0.25) is 0 Å². The van der Waals surface area contributed by atoms with Crippen molar-refractivity contribution in [2.45, 2.75) is 32.2 Å². The van der Waals surface area contributed by atoms with Gasteiger partial charge in [0.15, 0.2) is 0 Å². The first-order chi connectivity index (χ1) is 5.75. The van der Waals surface area contributed by atoms with E-state index in [4.69, 9.17) is 0 Å². The van der Waals surface area contributed by atoms with Crippen LogP contribution < -0.4 is 5.32 Å². The molecule has 0 spiro atoms. The first-order valence-electron chi connectivity index (χ1n) is 4.60. The van der Waals surface area contributed by atoms with Crippen molar-refractivity contribution in [3.63, 3.8) is 0 Å². The summed E-state index contributed by atoms with van der Waals surface area (Å²) in [6.45, 7) is 1.67. The third kappa shape index (κ3) is 2.18. The highest BCUT2D eigenvalue weighted by Gasteiger charge is 2.22. The maximum atomic E-state index is 11.2. The highest BCUT2D eigenvalue weighted by Crippen LogP contribution is 2.18. The fourth-order valence-electron chi connectivity index (χ4n) is 1.75. The van der Waals surface area contributed by atoms with Crippen molar-refractivity contribution in [1.29, 1.82) is 0 Å². The van der Waals surface area contributed by atoms with E-state index >= 15 is 0 Å². The molecule has 0 radical (unpaired) electrons. The van der Waals surface area contributed by atoms with E-state index in [-0.39, 0.29) is 11.7 Å². The smallest absolute Gasteiger partial charge is 0.138 e. The Morgan fingerprint density at radius 3 is 2.92 bits per heavy atom. The molecule has 1 aliphatic carbocycles. The zero-order chi connectivity index (χ0) is 8.97. The molecule has 0 heterocycles. The van der Waals surface area contributed by atoms with Crippen molar-refractivity contribution < 1.29 is 4.79 Å². The van der Waals surface area contributed by atoms with Crippen molar-refractivity contribution in [1.82, 2.24) is 5.32 Å². The number of allylic oxidation sites excluding steroid dienone is 1. The third-order valence-corrected chi connectivity index (χ3v) is 2.50. The van der Waals surface area contributed by atoms with Crippen molar-refractivity contribution in [3.05, 3.63) is 12.2 Å². The van der Waals surface area contributed by atoms with Gasteiger partial charge >= 0.3 is 0 Å². The molecule has 68 valence electrons. The summed E-state index contributed by atoms with van der Waals surface area (Å²) in [5, 5.41) is 3.20. The van der Waals surface area contributed by atoms with Crippen molar-refractivity contribution >= 4 is 5.78 Å². The van der Waals surface area contributed by atoms with Gasteiger partial charge in [-0.05, 0) is 33.2 Å². The minimum atomic E-state index is 0.0949. The highest BCUT2D eigenvalue weighted by molar-refractivity contribution is 5.80. The second-order valence-corrected chi connectivity index (χ2v) is 3.39. The molecule has 0 aromatic rings. The van der Waals surface area contributed by atoms with Crippen molar-refractivity contribution in [3.8, 4) is 0 Å². The highest BCUT2D eigenvalue weighted by atomic mass is 16.1. The SMILES string of the molecule is CNC1CCCC=CC1C(C)=O. The Labute approximate surface area is 74.0 Å². The average molecular weight is 167 g/mol. The second-order valence-electron chi connectivity index (χ2n) is 3.39. The topological polar surface area (TPSA) is 29.1 Å². The van der Waals surface area contributed by atoms with E-state index in [2.05, 4.69) is 17.5 Å². The molecule has 12 heavy (non-hydrogen) atoms. The molecule has 1 rings (SSSR count). The molecule has 0 bridgehead atoms. The van der Waals surface area contributed by atoms with Gasteiger partial charge in [-0.3, -0.25) is 4.79 Å². The quantitative estimate of drug-likeness (QED) is 0.632. The van der Waals surface area contributed by atoms with Crippen LogP contribution in [0.3, 0.4) is 0 Å². The van der Waals surface area contributed by atoms with Crippen LogP contribution in [0, 0.1) is 5.92 Å². The summed E-state index contributed by atoms with van der Waals surface area (Å²) in [6, 6.07) is 0.348. The van der Waals surface area contributed by atoms with Crippen LogP contribution in [0.5, 0.6) is 0 Å². The second kappa shape index (κ2) is 4.41. The number of nitrogens with one attached hydrogen (secondary N) is 1. The number of carbonyl (C=O) groups excluding carboxylic acids is 1. The van der Waals surface area contributed by atoms with Gasteiger partial charge in [0.1, 0.15) is 5.78 Å². The van der Waals surface area contributed by atoms with Gasteiger partial charge in [0.25, 0.3) is 0 Å². The fraction of sp³-hybridized carbons (Fsp3) is 0.700. The zero-order valence-electron chi connectivity index (χ0n) is 7.84. The Kier molecular flexibility index (Phi) is 3.48. The van der Waals surface area contributed by atoms with Gasteiger partial charge < -0.3 is 5.32 Å². The molecule has 1 aliphatic rings. The monoisotopic (exact) mass is 167 g/mol. The van der Waals surface area contributed by atoms with Crippen LogP contribution in [0.15, 0.2) is 12.2 Å². The normalized spacial score (nSPS) is 29.8. The molecule has 2 atom stereocenters.